The van der Waals surface area contributed by atoms with Crippen LogP contribution < -0.4 is 0 Å². The van der Waals surface area contributed by atoms with E-state index in [2.05, 4.69) is 16.4 Å². The number of aromatic nitrogens is 1. The number of aliphatic hydroxyl groups is 1. The van der Waals surface area contributed by atoms with Crippen molar-refractivity contribution in [1.29, 1.82) is 0 Å². The van der Waals surface area contributed by atoms with Crippen LogP contribution in [0.15, 0.2) is 71.2 Å². The van der Waals surface area contributed by atoms with E-state index in [1.165, 1.54) is 12.1 Å². The minimum Gasteiger partial charge on any atom is -0.384 e. The number of benzene rings is 1. The van der Waals surface area contributed by atoms with Gasteiger partial charge in [-0.3, -0.25) is 4.98 Å². The van der Waals surface area contributed by atoms with Gasteiger partial charge in [0.15, 0.2) is 0 Å². The Labute approximate surface area is 154 Å². The third kappa shape index (κ3) is 3.27. The molecule has 2 aromatic heterocycles. The highest BCUT2D eigenvalue weighted by atomic mass is 32.2. The molecule has 1 aromatic carbocycles. The van der Waals surface area contributed by atoms with Crippen molar-refractivity contribution >= 4 is 28.0 Å². The van der Waals surface area contributed by atoms with Crippen LogP contribution in [-0.4, -0.2) is 15.8 Å². The minimum absolute atomic E-state index is 0.0516. The Hall–Kier alpha value is -1.95. The fourth-order valence-electron chi connectivity index (χ4n) is 3.14. The van der Waals surface area contributed by atoms with Crippen LogP contribution in [0.4, 0.5) is 4.39 Å². The van der Waals surface area contributed by atoms with E-state index in [4.69, 9.17) is 0 Å². The zero-order valence-corrected chi connectivity index (χ0v) is 14.9. The van der Waals surface area contributed by atoms with Crippen LogP contribution in [0.25, 0.3) is 4.91 Å². The normalized spacial score (nSPS) is 18.6. The van der Waals surface area contributed by atoms with Gasteiger partial charge in [-0.05, 0) is 51.7 Å². The number of rotatable bonds is 4. The average Bonchev–Trinajstić information content (AvgIpc) is 3.32. The van der Waals surface area contributed by atoms with Gasteiger partial charge in [0, 0.05) is 34.5 Å². The first-order valence-corrected chi connectivity index (χ1v) is 9.90. The van der Waals surface area contributed by atoms with Crippen LogP contribution >= 0.6 is 23.1 Å². The van der Waals surface area contributed by atoms with Crippen LogP contribution in [0.1, 0.15) is 28.7 Å². The van der Waals surface area contributed by atoms with Crippen molar-refractivity contribution in [3.63, 3.8) is 0 Å². The van der Waals surface area contributed by atoms with Gasteiger partial charge in [0.05, 0.1) is 0 Å². The summed E-state index contributed by atoms with van der Waals surface area (Å²) in [6, 6.07) is 12.4. The summed E-state index contributed by atoms with van der Waals surface area (Å²) in [7, 11) is 0. The molecule has 0 amide bonds. The molecule has 0 spiro atoms. The van der Waals surface area contributed by atoms with Gasteiger partial charge < -0.3 is 5.11 Å². The number of thioether (sulfide) groups is 1. The monoisotopic (exact) mass is 369 g/mol. The van der Waals surface area contributed by atoms with E-state index in [-0.39, 0.29) is 11.7 Å². The molecule has 5 heteroatoms. The molecular weight excluding hydrogens is 353 g/mol. The van der Waals surface area contributed by atoms with Crippen LogP contribution in [0.3, 0.4) is 0 Å². The van der Waals surface area contributed by atoms with Gasteiger partial charge in [0.2, 0.25) is 0 Å². The lowest BCUT2D eigenvalue weighted by Crippen LogP contribution is -2.10. The second-order valence-corrected chi connectivity index (χ2v) is 7.71. The lowest BCUT2D eigenvalue weighted by molar-refractivity contribution is 0.210. The molecule has 4 rings (SSSR count). The van der Waals surface area contributed by atoms with Crippen molar-refractivity contribution in [2.75, 3.05) is 5.75 Å². The van der Waals surface area contributed by atoms with Gasteiger partial charge >= 0.3 is 0 Å². The van der Waals surface area contributed by atoms with Gasteiger partial charge in [-0.2, -0.15) is 11.3 Å². The number of halogens is 1. The summed E-state index contributed by atoms with van der Waals surface area (Å²) in [6.45, 7) is 0. The molecular formula is C20H16FNOS2. The first kappa shape index (κ1) is 16.5. The van der Waals surface area contributed by atoms with Crippen molar-refractivity contribution in [1.82, 2.24) is 4.98 Å². The third-order valence-corrected chi connectivity index (χ3v) is 6.33. The summed E-state index contributed by atoms with van der Waals surface area (Å²) in [6.07, 6.45) is 2.67. The molecule has 126 valence electrons. The molecule has 0 saturated carbocycles. The number of aliphatic hydroxyl groups excluding tert-OH is 1. The fraction of sp³-hybridized carbons (Fsp3) is 0.150. The van der Waals surface area contributed by atoms with E-state index in [0.29, 0.717) is 0 Å². The van der Waals surface area contributed by atoms with E-state index in [1.807, 2.05) is 29.6 Å². The number of hydrogen-bond acceptors (Lipinski definition) is 4. The first-order valence-electron chi connectivity index (χ1n) is 7.97. The molecule has 0 radical (unpaired) electrons. The quantitative estimate of drug-likeness (QED) is 0.681. The maximum atomic E-state index is 13.3. The third-order valence-electron chi connectivity index (χ3n) is 4.38. The summed E-state index contributed by atoms with van der Waals surface area (Å²) in [4.78, 5) is 5.25. The van der Waals surface area contributed by atoms with Gasteiger partial charge in [-0.15, -0.1) is 11.8 Å². The number of pyridine rings is 1. The molecule has 0 fully saturated rings. The maximum Gasteiger partial charge on any atom is 0.123 e. The molecule has 1 N–H and O–H groups in total. The molecule has 2 nitrogen and oxygen atoms in total. The summed E-state index contributed by atoms with van der Waals surface area (Å²) in [5, 5.41) is 15.2. The van der Waals surface area contributed by atoms with Crippen molar-refractivity contribution in [2.45, 2.75) is 12.0 Å². The fourth-order valence-corrected chi connectivity index (χ4v) is 5.29. The molecule has 1 aliphatic rings. The van der Waals surface area contributed by atoms with Crippen LogP contribution in [0.5, 0.6) is 0 Å². The van der Waals surface area contributed by atoms with Crippen molar-refractivity contribution in [3.8, 4) is 0 Å². The molecule has 2 atom stereocenters. The lowest BCUT2D eigenvalue weighted by atomic mass is 9.86. The highest BCUT2D eigenvalue weighted by Crippen LogP contribution is 2.51. The average molecular weight is 369 g/mol. The molecule has 3 heterocycles. The molecule has 0 saturated heterocycles. The predicted octanol–water partition coefficient (Wildman–Crippen LogP) is 5.26. The minimum atomic E-state index is -0.728. The van der Waals surface area contributed by atoms with E-state index in [0.717, 1.165) is 32.9 Å². The van der Waals surface area contributed by atoms with Gasteiger partial charge in [-0.25, -0.2) is 4.39 Å². The van der Waals surface area contributed by atoms with Crippen molar-refractivity contribution in [3.05, 3.63) is 93.7 Å². The Kier molecular flexibility index (Phi) is 4.70. The maximum absolute atomic E-state index is 13.3. The van der Waals surface area contributed by atoms with Gasteiger partial charge in [0.1, 0.15) is 11.9 Å². The van der Waals surface area contributed by atoms with Crippen LogP contribution in [-0.2, 0) is 0 Å². The van der Waals surface area contributed by atoms with Crippen LogP contribution in [0, 0.1) is 5.82 Å². The largest absolute Gasteiger partial charge is 0.384 e. The van der Waals surface area contributed by atoms with Crippen molar-refractivity contribution < 1.29 is 9.50 Å². The summed E-state index contributed by atoms with van der Waals surface area (Å²) < 4.78 is 13.3. The SMILES string of the molecule is OC(C1=C(c2ccsc2)SCC1c1ccc(F)cc1)c1cccnc1. The second kappa shape index (κ2) is 7.12. The Morgan fingerprint density at radius 2 is 2.00 bits per heavy atom. The Bertz CT molecular complexity index is 876. The van der Waals surface area contributed by atoms with E-state index in [9.17, 15) is 9.50 Å². The molecule has 25 heavy (non-hydrogen) atoms. The smallest absolute Gasteiger partial charge is 0.123 e. The topological polar surface area (TPSA) is 33.1 Å². The van der Waals surface area contributed by atoms with Gasteiger partial charge in [0.25, 0.3) is 0 Å². The predicted molar refractivity (Wildman–Crippen MR) is 102 cm³/mol. The zero-order valence-electron chi connectivity index (χ0n) is 13.3. The van der Waals surface area contributed by atoms with Crippen molar-refractivity contribution in [2.24, 2.45) is 0 Å². The first-order chi connectivity index (χ1) is 12.2. The second-order valence-electron chi connectivity index (χ2n) is 5.90. The Morgan fingerprint density at radius 1 is 1.16 bits per heavy atom. The Morgan fingerprint density at radius 3 is 2.68 bits per heavy atom. The van der Waals surface area contributed by atoms with E-state index in [1.54, 1.807) is 35.5 Å². The number of hydrogen-bond donors (Lipinski definition) is 1. The highest BCUT2D eigenvalue weighted by Gasteiger charge is 2.33. The number of thiophene rings is 1. The van der Waals surface area contributed by atoms with E-state index < -0.39 is 6.10 Å². The van der Waals surface area contributed by atoms with Crippen LogP contribution in [0.2, 0.25) is 0 Å². The summed E-state index contributed by atoms with van der Waals surface area (Å²) >= 11 is 3.39. The van der Waals surface area contributed by atoms with Gasteiger partial charge in [-0.1, -0.05) is 18.2 Å². The molecule has 0 bridgehead atoms. The Balaban J connectivity index is 1.81. The molecule has 0 aliphatic carbocycles. The lowest BCUT2D eigenvalue weighted by Gasteiger charge is -2.21. The standard InChI is InChI=1S/C20H16FNOS2/c21-16-5-3-13(4-6-16)17-12-25-20(15-7-9-24-11-15)18(17)19(23)14-2-1-8-22-10-14/h1-11,17,19,23H,12H2. The summed E-state index contributed by atoms with van der Waals surface area (Å²) in [5.41, 5.74) is 3.91. The molecule has 2 unspecified atom stereocenters. The number of nitrogens with zero attached hydrogens (tertiary/aromatic N) is 1. The highest BCUT2D eigenvalue weighted by molar-refractivity contribution is 8.08. The summed E-state index contributed by atoms with van der Waals surface area (Å²) in [5.74, 6) is 0.644. The molecule has 3 aromatic rings. The van der Waals surface area contributed by atoms with E-state index >= 15 is 0 Å². The zero-order chi connectivity index (χ0) is 17.2. The molecule has 1 aliphatic heterocycles.